The Labute approximate surface area is 85.5 Å². The molecule has 0 spiro atoms. The highest BCUT2D eigenvalue weighted by Gasteiger charge is 2.16. The molecule has 14 heavy (non-hydrogen) atoms. The Morgan fingerprint density at radius 3 is 2.93 bits per heavy atom. The van der Waals surface area contributed by atoms with E-state index in [1.54, 1.807) is 0 Å². The van der Waals surface area contributed by atoms with Crippen LogP contribution in [0.3, 0.4) is 0 Å². The number of piperidine rings is 1. The molecular formula is C12H18N2. The van der Waals surface area contributed by atoms with E-state index in [1.165, 1.54) is 30.4 Å². The molecule has 0 bridgehead atoms. The SMILES string of the molecule is Cc1c(N)cccc1C1CCCCN1. The summed E-state index contributed by atoms with van der Waals surface area (Å²) in [7, 11) is 0. The summed E-state index contributed by atoms with van der Waals surface area (Å²) < 4.78 is 0. The third kappa shape index (κ3) is 1.75. The highest BCUT2D eigenvalue weighted by atomic mass is 14.9. The standard InChI is InChI=1S/C12H18N2/c1-9-10(5-4-6-11(9)13)12-7-2-3-8-14-12/h4-6,12,14H,2-3,7-8,13H2,1H3. The Bertz CT molecular complexity index is 314. The summed E-state index contributed by atoms with van der Waals surface area (Å²) in [5, 5.41) is 3.55. The normalized spacial score (nSPS) is 22.2. The molecule has 0 aliphatic carbocycles. The lowest BCUT2D eigenvalue weighted by molar-refractivity contribution is 0.411. The third-order valence-corrected chi connectivity index (χ3v) is 3.10. The second kappa shape index (κ2) is 4.01. The molecule has 76 valence electrons. The van der Waals surface area contributed by atoms with Gasteiger partial charge in [0.15, 0.2) is 0 Å². The minimum absolute atomic E-state index is 0.521. The van der Waals surface area contributed by atoms with Crippen LogP contribution in [0.4, 0.5) is 5.69 Å². The maximum atomic E-state index is 5.90. The van der Waals surface area contributed by atoms with Crippen LogP contribution in [0.1, 0.15) is 36.4 Å². The zero-order chi connectivity index (χ0) is 9.97. The van der Waals surface area contributed by atoms with Crippen LogP contribution in [0.5, 0.6) is 0 Å². The summed E-state index contributed by atoms with van der Waals surface area (Å²) in [4.78, 5) is 0. The van der Waals surface area contributed by atoms with Crippen molar-refractivity contribution < 1.29 is 0 Å². The number of hydrogen-bond donors (Lipinski definition) is 2. The van der Waals surface area contributed by atoms with Crippen LogP contribution in [0.2, 0.25) is 0 Å². The minimum Gasteiger partial charge on any atom is -0.399 e. The molecule has 1 aromatic rings. The van der Waals surface area contributed by atoms with Crippen molar-refractivity contribution in [3.63, 3.8) is 0 Å². The first-order chi connectivity index (χ1) is 6.79. The first-order valence-corrected chi connectivity index (χ1v) is 5.37. The fourth-order valence-electron chi connectivity index (χ4n) is 2.17. The van der Waals surface area contributed by atoms with Gasteiger partial charge in [0.05, 0.1) is 0 Å². The molecule has 1 unspecified atom stereocenters. The maximum Gasteiger partial charge on any atom is 0.0347 e. The maximum absolute atomic E-state index is 5.90. The van der Waals surface area contributed by atoms with E-state index in [4.69, 9.17) is 5.73 Å². The van der Waals surface area contributed by atoms with Crippen molar-refractivity contribution in [2.45, 2.75) is 32.2 Å². The van der Waals surface area contributed by atoms with Crippen molar-refractivity contribution >= 4 is 5.69 Å². The van der Waals surface area contributed by atoms with Gasteiger partial charge in [0.25, 0.3) is 0 Å². The Hall–Kier alpha value is -1.02. The number of benzene rings is 1. The Kier molecular flexibility index (Phi) is 2.73. The van der Waals surface area contributed by atoms with Gasteiger partial charge in [-0.3, -0.25) is 0 Å². The molecule has 3 N–H and O–H groups in total. The fraction of sp³-hybridized carbons (Fsp3) is 0.500. The second-order valence-electron chi connectivity index (χ2n) is 4.06. The number of nitrogens with two attached hydrogens (primary N) is 1. The lowest BCUT2D eigenvalue weighted by Crippen LogP contribution is -2.27. The predicted octanol–water partition coefficient (Wildman–Crippen LogP) is 2.39. The molecule has 1 saturated heterocycles. The van der Waals surface area contributed by atoms with E-state index in [2.05, 4.69) is 18.3 Å². The molecule has 1 aliphatic heterocycles. The Morgan fingerprint density at radius 2 is 2.21 bits per heavy atom. The minimum atomic E-state index is 0.521. The van der Waals surface area contributed by atoms with E-state index < -0.39 is 0 Å². The molecule has 1 aromatic carbocycles. The van der Waals surface area contributed by atoms with Crippen molar-refractivity contribution in [1.82, 2.24) is 5.32 Å². The molecule has 2 rings (SSSR count). The summed E-state index contributed by atoms with van der Waals surface area (Å²) >= 11 is 0. The molecular weight excluding hydrogens is 172 g/mol. The van der Waals surface area contributed by atoms with Crippen molar-refractivity contribution in [3.05, 3.63) is 29.3 Å². The first kappa shape index (κ1) is 9.53. The van der Waals surface area contributed by atoms with Gasteiger partial charge in [-0.2, -0.15) is 0 Å². The van der Waals surface area contributed by atoms with E-state index in [0.29, 0.717) is 6.04 Å². The van der Waals surface area contributed by atoms with E-state index >= 15 is 0 Å². The second-order valence-corrected chi connectivity index (χ2v) is 4.06. The van der Waals surface area contributed by atoms with E-state index in [0.717, 1.165) is 12.2 Å². The molecule has 0 amide bonds. The molecule has 1 fully saturated rings. The number of hydrogen-bond acceptors (Lipinski definition) is 2. The van der Waals surface area contributed by atoms with Gasteiger partial charge in [-0.15, -0.1) is 0 Å². The molecule has 1 heterocycles. The van der Waals surface area contributed by atoms with Gasteiger partial charge in [-0.05, 0) is 43.5 Å². The van der Waals surface area contributed by atoms with Crippen LogP contribution in [-0.2, 0) is 0 Å². The number of nitrogen functional groups attached to an aromatic ring is 1. The average molecular weight is 190 g/mol. The Balaban J connectivity index is 2.26. The quantitative estimate of drug-likeness (QED) is 0.667. The van der Waals surface area contributed by atoms with E-state index in [-0.39, 0.29) is 0 Å². The summed E-state index contributed by atoms with van der Waals surface area (Å²) in [6.07, 6.45) is 3.87. The Morgan fingerprint density at radius 1 is 1.36 bits per heavy atom. The third-order valence-electron chi connectivity index (χ3n) is 3.10. The summed E-state index contributed by atoms with van der Waals surface area (Å²) in [6, 6.07) is 6.73. The van der Waals surface area contributed by atoms with Gasteiger partial charge in [0.2, 0.25) is 0 Å². The van der Waals surface area contributed by atoms with Gasteiger partial charge in [-0.25, -0.2) is 0 Å². The zero-order valence-corrected chi connectivity index (χ0v) is 8.72. The zero-order valence-electron chi connectivity index (χ0n) is 8.72. The van der Waals surface area contributed by atoms with Crippen LogP contribution in [0, 0.1) is 6.92 Å². The monoisotopic (exact) mass is 190 g/mol. The largest absolute Gasteiger partial charge is 0.399 e. The van der Waals surface area contributed by atoms with Crippen molar-refractivity contribution in [2.24, 2.45) is 0 Å². The predicted molar refractivity (Wildman–Crippen MR) is 60.2 cm³/mol. The molecule has 0 radical (unpaired) electrons. The van der Waals surface area contributed by atoms with Crippen LogP contribution < -0.4 is 11.1 Å². The van der Waals surface area contributed by atoms with Crippen LogP contribution in [0.15, 0.2) is 18.2 Å². The smallest absolute Gasteiger partial charge is 0.0347 e. The summed E-state index contributed by atoms with van der Waals surface area (Å²) in [5.41, 5.74) is 9.43. The van der Waals surface area contributed by atoms with Crippen molar-refractivity contribution in [1.29, 1.82) is 0 Å². The van der Waals surface area contributed by atoms with Gasteiger partial charge in [0.1, 0.15) is 0 Å². The summed E-state index contributed by atoms with van der Waals surface area (Å²) in [5.74, 6) is 0. The lowest BCUT2D eigenvalue weighted by Gasteiger charge is -2.25. The fourth-order valence-corrected chi connectivity index (χ4v) is 2.17. The summed E-state index contributed by atoms with van der Waals surface area (Å²) in [6.45, 7) is 3.25. The van der Waals surface area contributed by atoms with Gasteiger partial charge < -0.3 is 11.1 Å². The highest BCUT2D eigenvalue weighted by Crippen LogP contribution is 2.27. The number of rotatable bonds is 1. The first-order valence-electron chi connectivity index (χ1n) is 5.37. The molecule has 0 aromatic heterocycles. The van der Waals surface area contributed by atoms with Crippen LogP contribution in [-0.4, -0.2) is 6.54 Å². The van der Waals surface area contributed by atoms with E-state index in [9.17, 15) is 0 Å². The topological polar surface area (TPSA) is 38.0 Å². The van der Waals surface area contributed by atoms with Gasteiger partial charge in [0, 0.05) is 11.7 Å². The average Bonchev–Trinajstić information content (AvgIpc) is 2.23. The lowest BCUT2D eigenvalue weighted by atomic mass is 9.93. The number of nitrogens with one attached hydrogen (secondary N) is 1. The van der Waals surface area contributed by atoms with Crippen molar-refractivity contribution in [2.75, 3.05) is 12.3 Å². The van der Waals surface area contributed by atoms with Gasteiger partial charge >= 0.3 is 0 Å². The van der Waals surface area contributed by atoms with E-state index in [1.807, 2.05) is 12.1 Å². The van der Waals surface area contributed by atoms with Gasteiger partial charge in [-0.1, -0.05) is 18.6 Å². The molecule has 1 atom stereocenters. The molecule has 0 saturated carbocycles. The highest BCUT2D eigenvalue weighted by molar-refractivity contribution is 5.51. The van der Waals surface area contributed by atoms with Crippen molar-refractivity contribution in [3.8, 4) is 0 Å². The van der Waals surface area contributed by atoms with Crippen LogP contribution >= 0.6 is 0 Å². The molecule has 1 aliphatic rings. The number of anilines is 1. The molecule has 2 heteroatoms. The molecule has 2 nitrogen and oxygen atoms in total. The van der Waals surface area contributed by atoms with Crippen LogP contribution in [0.25, 0.3) is 0 Å².